The smallest absolute Gasteiger partial charge is 0.233 e. The van der Waals surface area contributed by atoms with Crippen molar-refractivity contribution in [2.24, 2.45) is 0 Å². The lowest BCUT2D eigenvalue weighted by atomic mass is 10.2. The van der Waals surface area contributed by atoms with E-state index in [0.29, 0.717) is 18.2 Å². The number of nitrogens with zero attached hydrogens (tertiary/aromatic N) is 3. The lowest BCUT2D eigenvalue weighted by Crippen LogP contribution is -2.31. The number of hydrogen-bond acceptors (Lipinski definition) is 6. The van der Waals surface area contributed by atoms with E-state index in [4.69, 9.17) is 11.5 Å². The Balaban J connectivity index is 1.97. The summed E-state index contributed by atoms with van der Waals surface area (Å²) in [7, 11) is 0. The standard InChI is InChI=1S/C15H18FN5OS/c1-2-21(8-10-4-3-5-11(16)6-10)14(22)9-23-15-19-12(17)7-13(18)20-15/h3-7H,2,8-9H2,1H3,(H4,17,18,19,20). The van der Waals surface area contributed by atoms with Crippen molar-refractivity contribution in [2.45, 2.75) is 18.6 Å². The van der Waals surface area contributed by atoms with Gasteiger partial charge in [-0.05, 0) is 24.6 Å². The number of hydrogen-bond donors (Lipinski definition) is 2. The van der Waals surface area contributed by atoms with Crippen molar-refractivity contribution < 1.29 is 9.18 Å². The Bertz CT molecular complexity index is 677. The molecule has 2 aromatic rings. The number of rotatable bonds is 6. The minimum atomic E-state index is -0.316. The van der Waals surface area contributed by atoms with Gasteiger partial charge in [-0.15, -0.1) is 0 Å². The van der Waals surface area contributed by atoms with E-state index >= 15 is 0 Å². The topological polar surface area (TPSA) is 98.1 Å². The van der Waals surface area contributed by atoms with Crippen LogP contribution in [0.15, 0.2) is 35.5 Å². The fourth-order valence-corrected chi connectivity index (χ4v) is 2.75. The molecule has 0 radical (unpaired) electrons. The normalized spacial score (nSPS) is 10.5. The van der Waals surface area contributed by atoms with Gasteiger partial charge in [-0.2, -0.15) is 0 Å². The minimum absolute atomic E-state index is 0.0913. The molecule has 23 heavy (non-hydrogen) atoms. The molecule has 1 heterocycles. The SMILES string of the molecule is CCN(Cc1cccc(F)c1)C(=O)CSc1nc(N)cc(N)n1. The molecule has 2 rings (SSSR count). The van der Waals surface area contributed by atoms with Crippen LogP contribution in [0.25, 0.3) is 0 Å². The van der Waals surface area contributed by atoms with Crippen molar-refractivity contribution >= 4 is 29.3 Å². The second-order valence-electron chi connectivity index (χ2n) is 4.83. The van der Waals surface area contributed by atoms with Crippen molar-refractivity contribution in [3.63, 3.8) is 0 Å². The molecule has 8 heteroatoms. The van der Waals surface area contributed by atoms with Gasteiger partial charge in [0.2, 0.25) is 5.91 Å². The van der Waals surface area contributed by atoms with E-state index in [9.17, 15) is 9.18 Å². The maximum atomic E-state index is 13.2. The molecule has 0 atom stereocenters. The highest BCUT2D eigenvalue weighted by atomic mass is 32.2. The van der Waals surface area contributed by atoms with Gasteiger partial charge in [-0.3, -0.25) is 4.79 Å². The van der Waals surface area contributed by atoms with Crippen LogP contribution in [0.2, 0.25) is 0 Å². The number of nitrogens with two attached hydrogens (primary N) is 2. The molecule has 0 unspecified atom stereocenters. The third-order valence-electron chi connectivity index (χ3n) is 3.07. The molecule has 0 bridgehead atoms. The van der Waals surface area contributed by atoms with Crippen LogP contribution in [0.4, 0.5) is 16.0 Å². The summed E-state index contributed by atoms with van der Waals surface area (Å²) in [6, 6.07) is 7.66. The minimum Gasteiger partial charge on any atom is -0.383 e. The van der Waals surface area contributed by atoms with Gasteiger partial charge in [0.05, 0.1) is 5.75 Å². The number of benzene rings is 1. The fourth-order valence-electron chi connectivity index (χ4n) is 1.98. The Morgan fingerprint density at radius 2 is 1.96 bits per heavy atom. The first-order valence-electron chi connectivity index (χ1n) is 7.03. The van der Waals surface area contributed by atoms with Gasteiger partial charge < -0.3 is 16.4 Å². The Labute approximate surface area is 138 Å². The number of carbonyl (C=O) groups excluding carboxylic acids is 1. The van der Waals surface area contributed by atoms with Crippen LogP contribution in [-0.4, -0.2) is 33.1 Å². The van der Waals surface area contributed by atoms with Crippen molar-refractivity contribution in [3.05, 3.63) is 41.7 Å². The molecule has 0 aliphatic rings. The van der Waals surface area contributed by atoms with Crippen LogP contribution in [0.3, 0.4) is 0 Å². The quantitative estimate of drug-likeness (QED) is 0.618. The van der Waals surface area contributed by atoms with Gasteiger partial charge >= 0.3 is 0 Å². The molecular weight excluding hydrogens is 317 g/mol. The number of halogens is 1. The molecule has 1 aromatic heterocycles. The molecule has 0 spiro atoms. The summed E-state index contributed by atoms with van der Waals surface area (Å²) in [5.74, 6) is 0.279. The van der Waals surface area contributed by atoms with E-state index in [1.165, 1.54) is 30.0 Å². The van der Waals surface area contributed by atoms with Gasteiger partial charge in [0.25, 0.3) is 0 Å². The number of anilines is 2. The average molecular weight is 335 g/mol. The molecule has 0 saturated heterocycles. The third kappa shape index (κ3) is 5.10. The zero-order valence-electron chi connectivity index (χ0n) is 12.7. The van der Waals surface area contributed by atoms with E-state index in [1.807, 2.05) is 6.92 Å². The lowest BCUT2D eigenvalue weighted by Gasteiger charge is -2.20. The van der Waals surface area contributed by atoms with E-state index in [2.05, 4.69) is 9.97 Å². The summed E-state index contributed by atoms with van der Waals surface area (Å²) in [6.45, 7) is 2.75. The van der Waals surface area contributed by atoms with E-state index < -0.39 is 0 Å². The van der Waals surface area contributed by atoms with Crippen molar-refractivity contribution in [3.8, 4) is 0 Å². The maximum absolute atomic E-state index is 13.2. The number of aromatic nitrogens is 2. The molecule has 122 valence electrons. The van der Waals surface area contributed by atoms with Crippen molar-refractivity contribution in [2.75, 3.05) is 23.8 Å². The lowest BCUT2D eigenvalue weighted by molar-refractivity contribution is -0.128. The third-order valence-corrected chi connectivity index (χ3v) is 3.90. The summed E-state index contributed by atoms with van der Waals surface area (Å²) < 4.78 is 13.2. The first-order valence-corrected chi connectivity index (χ1v) is 8.01. The van der Waals surface area contributed by atoms with Gasteiger partial charge in [-0.1, -0.05) is 23.9 Å². The zero-order valence-corrected chi connectivity index (χ0v) is 13.5. The highest BCUT2D eigenvalue weighted by molar-refractivity contribution is 7.99. The summed E-state index contributed by atoms with van der Waals surface area (Å²) in [5, 5.41) is 0.359. The van der Waals surface area contributed by atoms with Crippen LogP contribution in [0.5, 0.6) is 0 Å². The zero-order chi connectivity index (χ0) is 16.8. The molecule has 1 aromatic carbocycles. The fraction of sp³-hybridized carbons (Fsp3) is 0.267. The predicted octanol–water partition coefficient (Wildman–Crippen LogP) is 1.92. The Kier molecular flexibility index (Phi) is 5.75. The van der Waals surface area contributed by atoms with Crippen LogP contribution >= 0.6 is 11.8 Å². The molecule has 6 nitrogen and oxygen atoms in total. The van der Waals surface area contributed by atoms with Crippen LogP contribution in [0, 0.1) is 5.82 Å². The Morgan fingerprint density at radius 1 is 1.26 bits per heavy atom. The van der Waals surface area contributed by atoms with E-state index in [0.717, 1.165) is 5.56 Å². The monoisotopic (exact) mass is 335 g/mol. The number of amides is 1. The first kappa shape index (κ1) is 17.0. The molecular formula is C15H18FN5OS. The van der Waals surface area contributed by atoms with Crippen molar-refractivity contribution in [1.82, 2.24) is 14.9 Å². The second-order valence-corrected chi connectivity index (χ2v) is 5.77. The van der Waals surface area contributed by atoms with Gasteiger partial charge in [0.1, 0.15) is 17.5 Å². The summed E-state index contributed by atoms with van der Waals surface area (Å²) in [6.07, 6.45) is 0. The van der Waals surface area contributed by atoms with Crippen molar-refractivity contribution in [1.29, 1.82) is 0 Å². The van der Waals surface area contributed by atoms with Gasteiger partial charge in [-0.25, -0.2) is 14.4 Å². The number of nitrogen functional groups attached to an aromatic ring is 2. The molecule has 0 saturated carbocycles. The largest absolute Gasteiger partial charge is 0.383 e. The number of carbonyl (C=O) groups is 1. The Morgan fingerprint density at radius 3 is 2.57 bits per heavy atom. The molecule has 0 fully saturated rings. The first-order chi connectivity index (χ1) is 11.0. The van der Waals surface area contributed by atoms with Crippen LogP contribution in [0.1, 0.15) is 12.5 Å². The Hall–Kier alpha value is -2.35. The highest BCUT2D eigenvalue weighted by Crippen LogP contribution is 2.17. The summed E-state index contributed by atoms with van der Waals surface area (Å²) in [4.78, 5) is 22.0. The van der Waals surface area contributed by atoms with E-state index in [-0.39, 0.29) is 29.1 Å². The molecule has 4 N–H and O–H groups in total. The number of thioether (sulfide) groups is 1. The molecule has 1 amide bonds. The molecule has 0 aliphatic heterocycles. The highest BCUT2D eigenvalue weighted by Gasteiger charge is 2.14. The maximum Gasteiger partial charge on any atom is 0.233 e. The van der Waals surface area contributed by atoms with Crippen LogP contribution < -0.4 is 11.5 Å². The van der Waals surface area contributed by atoms with E-state index in [1.54, 1.807) is 17.0 Å². The average Bonchev–Trinajstić information content (AvgIpc) is 2.49. The predicted molar refractivity (Wildman–Crippen MR) is 89.1 cm³/mol. The van der Waals surface area contributed by atoms with Gasteiger partial charge in [0.15, 0.2) is 5.16 Å². The summed E-state index contributed by atoms with van der Waals surface area (Å²) in [5.41, 5.74) is 11.9. The molecule has 0 aliphatic carbocycles. The van der Waals surface area contributed by atoms with Gasteiger partial charge in [0, 0.05) is 19.2 Å². The van der Waals surface area contributed by atoms with Crippen LogP contribution in [-0.2, 0) is 11.3 Å². The second kappa shape index (κ2) is 7.77. The summed E-state index contributed by atoms with van der Waals surface area (Å²) >= 11 is 1.17.